The first-order valence-electron chi connectivity index (χ1n) is 8.09. The van der Waals surface area contributed by atoms with Gasteiger partial charge in [-0.25, -0.2) is 0 Å². The third-order valence-corrected chi connectivity index (χ3v) is 5.30. The molecular formula is C19H18N4OS. The summed E-state index contributed by atoms with van der Waals surface area (Å²) >= 11 is 1.66. The van der Waals surface area contributed by atoms with Crippen LogP contribution >= 0.6 is 11.8 Å². The van der Waals surface area contributed by atoms with E-state index in [9.17, 15) is 0 Å². The molecule has 1 atom stereocenters. The smallest absolute Gasteiger partial charge is 0.213 e. The van der Waals surface area contributed by atoms with E-state index in [1.165, 1.54) is 0 Å². The van der Waals surface area contributed by atoms with Gasteiger partial charge in [0.1, 0.15) is 5.75 Å². The lowest BCUT2D eigenvalue weighted by molar-refractivity contribution is 0.414. The Morgan fingerprint density at radius 3 is 2.48 bits per heavy atom. The molecule has 0 spiro atoms. The quantitative estimate of drug-likeness (QED) is 0.716. The van der Waals surface area contributed by atoms with E-state index in [0.29, 0.717) is 0 Å². The second kappa shape index (κ2) is 6.37. The van der Waals surface area contributed by atoms with Crippen LogP contribution in [0.5, 0.6) is 5.75 Å². The summed E-state index contributed by atoms with van der Waals surface area (Å²) < 4.78 is 7.36. The zero-order valence-corrected chi connectivity index (χ0v) is 15.1. The second-order valence-electron chi connectivity index (χ2n) is 5.88. The van der Waals surface area contributed by atoms with E-state index in [1.807, 2.05) is 47.1 Å². The minimum atomic E-state index is 0.165. The third-order valence-electron chi connectivity index (χ3n) is 4.26. The molecule has 1 aliphatic heterocycles. The van der Waals surface area contributed by atoms with Crippen molar-refractivity contribution in [3.05, 3.63) is 59.7 Å². The number of ether oxygens (including phenoxy) is 1. The van der Waals surface area contributed by atoms with Gasteiger partial charge in [-0.15, -0.1) is 10.2 Å². The number of hydrogen-bond donors (Lipinski definition) is 0. The standard InChI is InChI=1S/C19H18N4OS/c1-12-8-4-5-9-14(12)18-20-21-19-23(18)22-17(13(2)25-19)15-10-6-7-11-16(15)24-3/h4-11,13H,1-3H3/t13-/m0/s1. The van der Waals surface area contributed by atoms with E-state index in [0.717, 1.165) is 39.1 Å². The normalized spacial score (nSPS) is 16.3. The summed E-state index contributed by atoms with van der Waals surface area (Å²) in [6.07, 6.45) is 0. The number of benzene rings is 2. The van der Waals surface area contributed by atoms with Crippen molar-refractivity contribution in [3.8, 4) is 17.1 Å². The summed E-state index contributed by atoms with van der Waals surface area (Å²) in [6, 6.07) is 16.1. The van der Waals surface area contributed by atoms with Crippen LogP contribution in [0.25, 0.3) is 11.4 Å². The van der Waals surface area contributed by atoms with Crippen molar-refractivity contribution in [3.63, 3.8) is 0 Å². The lowest BCUT2D eigenvalue weighted by atomic mass is 10.1. The molecule has 0 aliphatic carbocycles. The van der Waals surface area contributed by atoms with Crippen molar-refractivity contribution in [1.29, 1.82) is 0 Å². The second-order valence-corrected chi connectivity index (χ2v) is 7.19. The molecule has 5 nitrogen and oxygen atoms in total. The Bertz CT molecular complexity index is 964. The van der Waals surface area contributed by atoms with Gasteiger partial charge in [-0.2, -0.15) is 9.78 Å². The van der Waals surface area contributed by atoms with Crippen molar-refractivity contribution in [2.75, 3.05) is 7.11 Å². The van der Waals surface area contributed by atoms with Crippen LogP contribution in [0.1, 0.15) is 18.1 Å². The predicted octanol–water partition coefficient (Wildman–Crippen LogP) is 4.01. The van der Waals surface area contributed by atoms with E-state index in [4.69, 9.17) is 9.84 Å². The average molecular weight is 350 g/mol. The van der Waals surface area contributed by atoms with Gasteiger partial charge >= 0.3 is 0 Å². The van der Waals surface area contributed by atoms with Crippen LogP contribution < -0.4 is 4.74 Å². The number of aromatic nitrogens is 3. The number of methoxy groups -OCH3 is 1. The molecule has 1 aromatic heterocycles. The molecule has 4 rings (SSSR count). The molecule has 1 aliphatic rings. The summed E-state index contributed by atoms with van der Waals surface area (Å²) in [5.74, 6) is 1.59. The summed E-state index contributed by atoms with van der Waals surface area (Å²) in [4.78, 5) is 0. The van der Waals surface area contributed by atoms with Gasteiger partial charge in [0.25, 0.3) is 0 Å². The highest BCUT2D eigenvalue weighted by atomic mass is 32.2. The molecule has 3 aromatic rings. The molecule has 0 amide bonds. The maximum absolute atomic E-state index is 5.52. The Kier molecular flexibility index (Phi) is 4.05. The highest BCUT2D eigenvalue weighted by Gasteiger charge is 2.27. The van der Waals surface area contributed by atoms with E-state index < -0.39 is 0 Å². The number of hydrogen-bond acceptors (Lipinski definition) is 5. The van der Waals surface area contributed by atoms with Crippen molar-refractivity contribution < 1.29 is 4.74 Å². The molecule has 0 fully saturated rings. The van der Waals surface area contributed by atoms with Gasteiger partial charge < -0.3 is 4.74 Å². The zero-order chi connectivity index (χ0) is 17.4. The topological polar surface area (TPSA) is 52.3 Å². The van der Waals surface area contributed by atoms with E-state index in [-0.39, 0.29) is 5.25 Å². The fraction of sp³-hybridized carbons (Fsp3) is 0.211. The monoisotopic (exact) mass is 350 g/mol. The van der Waals surface area contributed by atoms with Crippen molar-refractivity contribution in [2.45, 2.75) is 24.3 Å². The van der Waals surface area contributed by atoms with Crippen LogP contribution in [-0.4, -0.2) is 32.9 Å². The third kappa shape index (κ3) is 2.72. The molecule has 25 heavy (non-hydrogen) atoms. The van der Waals surface area contributed by atoms with Crippen molar-refractivity contribution in [2.24, 2.45) is 5.10 Å². The lowest BCUT2D eigenvalue weighted by Gasteiger charge is -2.21. The number of para-hydroxylation sites is 1. The molecule has 2 aromatic carbocycles. The molecule has 126 valence electrons. The van der Waals surface area contributed by atoms with Gasteiger partial charge in [0.15, 0.2) is 5.82 Å². The van der Waals surface area contributed by atoms with Gasteiger partial charge in [-0.1, -0.05) is 48.2 Å². The van der Waals surface area contributed by atoms with Crippen LogP contribution in [0.2, 0.25) is 0 Å². The van der Waals surface area contributed by atoms with Crippen LogP contribution in [-0.2, 0) is 0 Å². The first-order valence-corrected chi connectivity index (χ1v) is 8.97. The molecule has 0 saturated heterocycles. The Labute approximate surface area is 150 Å². The maximum atomic E-state index is 5.52. The molecule has 0 N–H and O–H groups in total. The number of thioether (sulfide) groups is 1. The summed E-state index contributed by atoms with van der Waals surface area (Å²) in [5.41, 5.74) is 4.15. The van der Waals surface area contributed by atoms with E-state index >= 15 is 0 Å². The molecular weight excluding hydrogens is 332 g/mol. The first-order chi connectivity index (χ1) is 12.2. The highest BCUT2D eigenvalue weighted by molar-refractivity contribution is 8.00. The van der Waals surface area contributed by atoms with E-state index in [1.54, 1.807) is 18.9 Å². The van der Waals surface area contributed by atoms with Crippen LogP contribution in [0.15, 0.2) is 58.8 Å². The van der Waals surface area contributed by atoms with Crippen LogP contribution in [0.3, 0.4) is 0 Å². The summed E-state index contributed by atoms with van der Waals surface area (Å²) in [5, 5.41) is 14.6. The predicted molar refractivity (Wildman–Crippen MR) is 100 cm³/mol. The summed E-state index contributed by atoms with van der Waals surface area (Å²) in [6.45, 7) is 4.20. The van der Waals surface area contributed by atoms with Gasteiger partial charge in [0.2, 0.25) is 5.16 Å². The highest BCUT2D eigenvalue weighted by Crippen LogP contribution is 2.35. The van der Waals surface area contributed by atoms with Crippen molar-refractivity contribution in [1.82, 2.24) is 14.9 Å². The Hall–Kier alpha value is -2.60. The fourth-order valence-electron chi connectivity index (χ4n) is 2.95. The van der Waals surface area contributed by atoms with Gasteiger partial charge in [0, 0.05) is 11.1 Å². The largest absolute Gasteiger partial charge is 0.496 e. The Balaban J connectivity index is 1.88. The SMILES string of the molecule is COc1ccccc1C1=Nn2c(nnc2-c2ccccc2C)S[C@H]1C. The molecule has 0 radical (unpaired) electrons. The zero-order valence-electron chi connectivity index (χ0n) is 14.3. The number of rotatable bonds is 3. The molecule has 0 unspecified atom stereocenters. The molecule has 0 saturated carbocycles. The van der Waals surface area contributed by atoms with Crippen LogP contribution in [0, 0.1) is 6.92 Å². The van der Waals surface area contributed by atoms with Crippen LogP contribution in [0.4, 0.5) is 0 Å². The number of fused-ring (bicyclic) bond motifs is 1. The Morgan fingerprint density at radius 1 is 1.00 bits per heavy atom. The average Bonchev–Trinajstić information content (AvgIpc) is 3.04. The first kappa shape index (κ1) is 15.9. The summed E-state index contributed by atoms with van der Waals surface area (Å²) in [7, 11) is 1.68. The number of nitrogens with zero attached hydrogens (tertiary/aromatic N) is 4. The maximum Gasteiger partial charge on any atom is 0.213 e. The van der Waals surface area contributed by atoms with Crippen molar-refractivity contribution >= 4 is 17.5 Å². The van der Waals surface area contributed by atoms with E-state index in [2.05, 4.69) is 30.1 Å². The van der Waals surface area contributed by atoms with Gasteiger partial charge in [-0.05, 0) is 31.5 Å². The molecule has 2 heterocycles. The van der Waals surface area contributed by atoms with Gasteiger partial charge in [-0.3, -0.25) is 0 Å². The number of aryl methyl sites for hydroxylation is 1. The molecule has 0 bridgehead atoms. The lowest BCUT2D eigenvalue weighted by Crippen LogP contribution is -2.22. The Morgan fingerprint density at radius 2 is 1.72 bits per heavy atom. The minimum Gasteiger partial charge on any atom is -0.496 e. The van der Waals surface area contributed by atoms with Gasteiger partial charge in [0.05, 0.1) is 18.1 Å². The molecule has 6 heteroatoms. The fourth-order valence-corrected chi connectivity index (χ4v) is 3.87. The minimum absolute atomic E-state index is 0.165.